The van der Waals surface area contributed by atoms with Crippen LogP contribution in [0.25, 0.3) is 0 Å². The molecule has 0 aliphatic heterocycles. The molecule has 2 aromatic carbocycles. The lowest BCUT2D eigenvalue weighted by Crippen LogP contribution is -2.17. The molecule has 128 valence electrons. The molecule has 0 spiro atoms. The van der Waals surface area contributed by atoms with E-state index in [2.05, 4.69) is 26.3 Å². The second-order valence-electron chi connectivity index (χ2n) is 5.17. The number of carbonyl (C=O) groups is 1. The molecule has 0 radical (unpaired) electrons. The number of rotatable bonds is 4. The van der Waals surface area contributed by atoms with E-state index >= 15 is 0 Å². The van der Waals surface area contributed by atoms with Crippen LogP contribution in [0.1, 0.15) is 15.9 Å². The predicted octanol–water partition coefficient (Wildman–Crippen LogP) is 5.39. The van der Waals surface area contributed by atoms with Crippen LogP contribution in [0.5, 0.6) is 0 Å². The van der Waals surface area contributed by atoms with Gasteiger partial charge in [0.2, 0.25) is 0 Å². The van der Waals surface area contributed by atoms with E-state index in [1.54, 1.807) is 29.1 Å². The second kappa shape index (κ2) is 7.56. The molecular formula is C17H11BrCl2FN3O. The van der Waals surface area contributed by atoms with Crippen LogP contribution in [0, 0.1) is 5.82 Å². The predicted molar refractivity (Wildman–Crippen MR) is 99.8 cm³/mol. The Morgan fingerprint density at radius 2 is 2.04 bits per heavy atom. The van der Waals surface area contributed by atoms with Gasteiger partial charge in [-0.25, -0.2) is 9.07 Å². The minimum atomic E-state index is -0.493. The van der Waals surface area contributed by atoms with E-state index < -0.39 is 11.7 Å². The van der Waals surface area contributed by atoms with Gasteiger partial charge in [0.25, 0.3) is 5.91 Å². The normalized spacial score (nSPS) is 10.7. The summed E-state index contributed by atoms with van der Waals surface area (Å²) in [6.45, 7) is 0.326. The third-order valence-electron chi connectivity index (χ3n) is 3.48. The van der Waals surface area contributed by atoms with Gasteiger partial charge in [-0.3, -0.25) is 4.79 Å². The topological polar surface area (TPSA) is 46.9 Å². The van der Waals surface area contributed by atoms with Crippen molar-refractivity contribution in [2.75, 3.05) is 5.32 Å². The Labute approximate surface area is 161 Å². The van der Waals surface area contributed by atoms with E-state index in [0.717, 1.165) is 11.6 Å². The third kappa shape index (κ3) is 4.03. The minimum absolute atomic E-state index is 0.188. The molecule has 0 unspecified atom stereocenters. The number of halogens is 4. The average Bonchev–Trinajstić information content (AvgIpc) is 3.01. The van der Waals surface area contributed by atoms with E-state index in [1.165, 1.54) is 12.1 Å². The lowest BCUT2D eigenvalue weighted by Gasteiger charge is -2.11. The number of hydrogen-bond donors (Lipinski definition) is 1. The highest BCUT2D eigenvalue weighted by molar-refractivity contribution is 9.10. The van der Waals surface area contributed by atoms with Crippen molar-refractivity contribution in [3.63, 3.8) is 0 Å². The van der Waals surface area contributed by atoms with E-state index in [0.29, 0.717) is 26.9 Å². The van der Waals surface area contributed by atoms with Crippen molar-refractivity contribution in [1.29, 1.82) is 0 Å². The van der Waals surface area contributed by atoms with Crippen LogP contribution >= 0.6 is 39.1 Å². The van der Waals surface area contributed by atoms with Crippen LogP contribution in [0.3, 0.4) is 0 Å². The number of anilines is 1. The van der Waals surface area contributed by atoms with Crippen molar-refractivity contribution in [2.45, 2.75) is 6.54 Å². The van der Waals surface area contributed by atoms with Gasteiger partial charge in [0.05, 0.1) is 28.4 Å². The average molecular weight is 443 g/mol. The fourth-order valence-corrected chi connectivity index (χ4v) is 3.06. The van der Waals surface area contributed by atoms with Crippen LogP contribution < -0.4 is 5.32 Å². The number of nitrogens with one attached hydrogen (secondary N) is 1. The molecule has 0 atom stereocenters. The summed E-state index contributed by atoms with van der Waals surface area (Å²) in [7, 11) is 0. The molecular weight excluding hydrogens is 432 g/mol. The van der Waals surface area contributed by atoms with Gasteiger partial charge in [-0.2, -0.15) is 5.10 Å². The lowest BCUT2D eigenvalue weighted by atomic mass is 10.2. The minimum Gasteiger partial charge on any atom is -0.307 e. The van der Waals surface area contributed by atoms with Gasteiger partial charge in [-0.1, -0.05) is 35.3 Å². The van der Waals surface area contributed by atoms with Crippen molar-refractivity contribution in [3.8, 4) is 0 Å². The van der Waals surface area contributed by atoms with Gasteiger partial charge in [0, 0.05) is 10.5 Å². The lowest BCUT2D eigenvalue weighted by molar-refractivity contribution is 0.102. The Bertz CT molecular complexity index is 945. The maximum Gasteiger partial charge on any atom is 0.258 e. The molecule has 25 heavy (non-hydrogen) atoms. The molecule has 0 saturated carbocycles. The first kappa shape index (κ1) is 17.9. The number of hydrogen-bond acceptors (Lipinski definition) is 2. The molecule has 0 fully saturated rings. The first-order valence-corrected chi connectivity index (χ1v) is 8.71. The van der Waals surface area contributed by atoms with Crippen molar-refractivity contribution in [1.82, 2.24) is 9.78 Å². The standard InChI is InChI=1S/C17H11BrCl2FN3O/c18-13-5-4-11(21)8-12(13)17(25)23-15-6-7-22-24(15)9-10-2-1-3-14(19)16(10)20/h1-8H,9H2,(H,23,25). The molecule has 1 heterocycles. The van der Waals surface area contributed by atoms with Gasteiger partial charge in [0.15, 0.2) is 0 Å². The van der Waals surface area contributed by atoms with E-state index in [1.807, 2.05) is 6.07 Å². The molecule has 3 rings (SSSR count). The number of aromatic nitrogens is 2. The highest BCUT2D eigenvalue weighted by atomic mass is 79.9. The fraction of sp³-hybridized carbons (Fsp3) is 0.0588. The summed E-state index contributed by atoms with van der Waals surface area (Å²) >= 11 is 15.5. The van der Waals surface area contributed by atoms with Crippen LogP contribution in [0.15, 0.2) is 53.1 Å². The SMILES string of the molecule is O=C(Nc1ccnn1Cc1cccc(Cl)c1Cl)c1cc(F)ccc1Br. The summed E-state index contributed by atoms with van der Waals surface area (Å²) < 4.78 is 15.5. The fourth-order valence-electron chi connectivity index (χ4n) is 2.25. The molecule has 0 aliphatic rings. The molecule has 0 saturated heterocycles. The van der Waals surface area contributed by atoms with Gasteiger partial charge in [-0.05, 0) is 45.8 Å². The van der Waals surface area contributed by atoms with Gasteiger partial charge < -0.3 is 5.32 Å². The Morgan fingerprint density at radius 3 is 2.84 bits per heavy atom. The number of nitrogens with zero attached hydrogens (tertiary/aromatic N) is 2. The highest BCUT2D eigenvalue weighted by Gasteiger charge is 2.14. The van der Waals surface area contributed by atoms with Crippen LogP contribution in [-0.2, 0) is 6.54 Å². The van der Waals surface area contributed by atoms with Crippen molar-refractivity contribution < 1.29 is 9.18 Å². The Balaban J connectivity index is 1.83. The van der Waals surface area contributed by atoms with Crippen molar-refractivity contribution in [2.24, 2.45) is 0 Å². The Hall–Kier alpha value is -1.89. The van der Waals surface area contributed by atoms with Crippen molar-refractivity contribution in [3.05, 3.63) is 80.1 Å². The summed E-state index contributed by atoms with van der Waals surface area (Å²) in [5, 5.41) is 7.78. The summed E-state index contributed by atoms with van der Waals surface area (Å²) in [6, 6.07) is 10.9. The molecule has 0 bridgehead atoms. The van der Waals surface area contributed by atoms with Crippen LogP contribution in [0.2, 0.25) is 10.0 Å². The molecule has 1 N–H and O–H groups in total. The number of carbonyl (C=O) groups excluding carboxylic acids is 1. The monoisotopic (exact) mass is 441 g/mol. The number of benzene rings is 2. The summed E-state index contributed by atoms with van der Waals surface area (Å²) in [4.78, 5) is 12.4. The number of amides is 1. The third-order valence-corrected chi connectivity index (χ3v) is 5.03. The smallest absolute Gasteiger partial charge is 0.258 e. The Kier molecular flexibility index (Phi) is 5.42. The zero-order valence-electron chi connectivity index (χ0n) is 12.6. The van der Waals surface area contributed by atoms with Crippen LogP contribution in [-0.4, -0.2) is 15.7 Å². The molecule has 1 aromatic heterocycles. The quantitative estimate of drug-likeness (QED) is 0.588. The molecule has 1 amide bonds. The zero-order chi connectivity index (χ0) is 18.0. The maximum atomic E-state index is 13.4. The highest BCUT2D eigenvalue weighted by Crippen LogP contribution is 2.27. The largest absolute Gasteiger partial charge is 0.307 e. The summed E-state index contributed by atoms with van der Waals surface area (Å²) in [6.07, 6.45) is 1.55. The van der Waals surface area contributed by atoms with Crippen LogP contribution in [0.4, 0.5) is 10.2 Å². The van der Waals surface area contributed by atoms with E-state index in [9.17, 15) is 9.18 Å². The summed E-state index contributed by atoms with van der Waals surface area (Å²) in [5.41, 5.74) is 0.953. The maximum absolute atomic E-state index is 13.4. The molecule has 4 nitrogen and oxygen atoms in total. The van der Waals surface area contributed by atoms with Gasteiger partial charge >= 0.3 is 0 Å². The zero-order valence-corrected chi connectivity index (χ0v) is 15.7. The van der Waals surface area contributed by atoms with E-state index in [-0.39, 0.29) is 5.56 Å². The summed E-state index contributed by atoms with van der Waals surface area (Å²) in [5.74, 6) is -0.491. The first-order chi connectivity index (χ1) is 12.0. The van der Waals surface area contributed by atoms with Crippen molar-refractivity contribution >= 4 is 50.9 Å². The Morgan fingerprint density at radius 1 is 1.24 bits per heavy atom. The van der Waals surface area contributed by atoms with E-state index in [4.69, 9.17) is 23.2 Å². The second-order valence-corrected chi connectivity index (χ2v) is 6.80. The first-order valence-electron chi connectivity index (χ1n) is 7.17. The van der Waals surface area contributed by atoms with Gasteiger partial charge in [0.1, 0.15) is 11.6 Å². The molecule has 8 heteroatoms. The molecule has 3 aromatic rings. The molecule has 0 aliphatic carbocycles. The van der Waals surface area contributed by atoms with Gasteiger partial charge in [-0.15, -0.1) is 0 Å².